The maximum absolute atomic E-state index is 12.9. The first kappa shape index (κ1) is 34.4. The first-order chi connectivity index (χ1) is 17.2. The first-order valence-corrected chi connectivity index (χ1v) is 12.8. The van der Waals surface area contributed by atoms with Crippen molar-refractivity contribution in [1.29, 1.82) is 0 Å². The van der Waals surface area contributed by atoms with E-state index in [-0.39, 0.29) is 11.9 Å². The van der Waals surface area contributed by atoms with E-state index in [4.69, 9.17) is 15.6 Å². The molecule has 0 bridgehead atoms. The number of unbranched alkanes of at least 4 members (excludes halogenated alkanes) is 1. The van der Waals surface area contributed by atoms with Crippen molar-refractivity contribution in [2.45, 2.75) is 109 Å². The Kier molecular flexibility index (Phi) is 16.6. The first-order valence-electron chi connectivity index (χ1n) is 12.8. The second-order valence-corrected chi connectivity index (χ2v) is 9.93. The lowest BCUT2D eigenvalue weighted by Crippen LogP contribution is -2.55. The van der Waals surface area contributed by atoms with Gasteiger partial charge in [-0.1, -0.05) is 46.0 Å². The highest BCUT2D eigenvalue weighted by molar-refractivity contribution is 5.88. The Balaban J connectivity index is 0.00000161. The van der Waals surface area contributed by atoms with Gasteiger partial charge >= 0.3 is 24.1 Å². The van der Waals surface area contributed by atoms with Gasteiger partial charge in [-0.3, -0.25) is 4.79 Å². The molecule has 3 amide bonds. The number of carboxylic acid groups (broad SMARTS) is 2. The van der Waals surface area contributed by atoms with Crippen LogP contribution in [0.5, 0.6) is 0 Å². The van der Waals surface area contributed by atoms with Crippen LogP contribution < -0.4 is 21.7 Å². The lowest BCUT2D eigenvalue weighted by atomic mass is 9.84. The molecule has 10 nitrogen and oxygen atoms in total. The van der Waals surface area contributed by atoms with E-state index in [0.29, 0.717) is 44.1 Å². The largest absolute Gasteiger partial charge is 0.490 e. The molecule has 0 saturated heterocycles. The molecule has 0 heterocycles. The molecule has 1 rings (SSSR count). The number of alkyl halides is 3. The van der Waals surface area contributed by atoms with Crippen molar-refractivity contribution in [3.05, 3.63) is 0 Å². The summed E-state index contributed by atoms with van der Waals surface area (Å²) in [7, 11) is 0. The van der Waals surface area contributed by atoms with Gasteiger partial charge in [-0.2, -0.15) is 13.2 Å². The van der Waals surface area contributed by atoms with E-state index in [1.807, 2.05) is 6.92 Å². The van der Waals surface area contributed by atoms with Crippen molar-refractivity contribution in [2.24, 2.45) is 17.6 Å². The number of aliphatic carboxylic acids is 2. The standard InChI is InChI=1S/C22H42N4O4.C2HF3O2/c1-15(2)13-16(3)24-20(27)19(14-17-9-5-4-6-10-17)26-22(30)25-18(21(28)29)11-7-8-12-23;3-2(4,5)1(6)7/h15-19H,4-14,23H2,1-3H3,(H,24,27)(H,28,29)(H2,25,26,30);(H,6,7)/t16?,18-,19+;/m0./s1. The molecule has 37 heavy (non-hydrogen) atoms. The molecule has 0 aromatic rings. The Morgan fingerprint density at radius 1 is 0.919 bits per heavy atom. The molecule has 3 atom stereocenters. The molecule has 1 aliphatic carbocycles. The third-order valence-electron chi connectivity index (χ3n) is 5.92. The predicted octanol–water partition coefficient (Wildman–Crippen LogP) is 3.39. The monoisotopic (exact) mass is 540 g/mol. The van der Waals surface area contributed by atoms with E-state index in [1.165, 1.54) is 6.42 Å². The summed E-state index contributed by atoms with van der Waals surface area (Å²) in [5.74, 6) is -3.18. The summed E-state index contributed by atoms with van der Waals surface area (Å²) in [5, 5.41) is 24.8. The van der Waals surface area contributed by atoms with Crippen LogP contribution in [-0.2, 0) is 14.4 Å². The molecule has 0 aromatic carbocycles. The van der Waals surface area contributed by atoms with Gasteiger partial charge in [0.1, 0.15) is 12.1 Å². The van der Waals surface area contributed by atoms with Gasteiger partial charge in [-0.05, 0) is 57.4 Å². The summed E-state index contributed by atoms with van der Waals surface area (Å²) in [6, 6.07) is -2.25. The van der Waals surface area contributed by atoms with E-state index in [2.05, 4.69) is 29.8 Å². The van der Waals surface area contributed by atoms with E-state index in [9.17, 15) is 32.7 Å². The van der Waals surface area contributed by atoms with Gasteiger partial charge in [0.25, 0.3) is 0 Å². The van der Waals surface area contributed by atoms with Gasteiger partial charge in [0, 0.05) is 6.04 Å². The molecule has 216 valence electrons. The smallest absolute Gasteiger partial charge is 0.480 e. The number of rotatable bonds is 13. The SMILES string of the molecule is CC(C)CC(C)NC(=O)[C@@H](CC1CCCCC1)NC(=O)N[C@@H](CCCCN)C(=O)O.O=C(O)C(F)(F)F. The van der Waals surface area contributed by atoms with Crippen LogP contribution >= 0.6 is 0 Å². The van der Waals surface area contributed by atoms with Crippen molar-refractivity contribution in [3.63, 3.8) is 0 Å². The average Bonchev–Trinajstić information content (AvgIpc) is 2.77. The van der Waals surface area contributed by atoms with E-state index < -0.39 is 36.2 Å². The molecule has 0 spiro atoms. The molecule has 1 aliphatic rings. The predicted molar refractivity (Wildman–Crippen MR) is 132 cm³/mol. The number of amides is 3. The summed E-state index contributed by atoms with van der Waals surface area (Å²) in [6.45, 7) is 6.65. The number of halogens is 3. The lowest BCUT2D eigenvalue weighted by molar-refractivity contribution is -0.192. The minimum atomic E-state index is -5.08. The van der Waals surface area contributed by atoms with Crippen LogP contribution in [0.2, 0.25) is 0 Å². The van der Waals surface area contributed by atoms with Gasteiger partial charge in [0.15, 0.2) is 0 Å². The van der Waals surface area contributed by atoms with Crippen LogP contribution in [0, 0.1) is 11.8 Å². The number of nitrogens with one attached hydrogen (secondary N) is 3. The Labute approximate surface area is 216 Å². The number of hydrogen-bond donors (Lipinski definition) is 6. The van der Waals surface area contributed by atoms with E-state index >= 15 is 0 Å². The number of carbonyl (C=O) groups is 4. The molecule has 0 aromatic heterocycles. The highest BCUT2D eigenvalue weighted by Crippen LogP contribution is 2.27. The van der Waals surface area contributed by atoms with Crippen LogP contribution in [-0.4, -0.2) is 64.9 Å². The number of urea groups is 1. The molecular weight excluding hydrogens is 497 g/mol. The second-order valence-electron chi connectivity index (χ2n) is 9.93. The third-order valence-corrected chi connectivity index (χ3v) is 5.92. The van der Waals surface area contributed by atoms with Gasteiger partial charge in [0.05, 0.1) is 0 Å². The average molecular weight is 541 g/mol. The third kappa shape index (κ3) is 16.7. The number of hydrogen-bond acceptors (Lipinski definition) is 5. The Morgan fingerprint density at radius 2 is 1.46 bits per heavy atom. The minimum Gasteiger partial charge on any atom is -0.480 e. The minimum absolute atomic E-state index is 0.0132. The lowest BCUT2D eigenvalue weighted by Gasteiger charge is -2.28. The molecule has 1 fully saturated rings. The fourth-order valence-electron chi connectivity index (χ4n) is 4.21. The fourth-order valence-corrected chi connectivity index (χ4v) is 4.21. The van der Waals surface area contributed by atoms with Crippen LogP contribution in [0.25, 0.3) is 0 Å². The van der Waals surface area contributed by atoms with Crippen molar-refractivity contribution in [1.82, 2.24) is 16.0 Å². The van der Waals surface area contributed by atoms with Crippen LogP contribution in [0.15, 0.2) is 0 Å². The molecular formula is C24H43F3N4O6. The zero-order valence-electron chi connectivity index (χ0n) is 21.9. The van der Waals surface area contributed by atoms with Crippen molar-refractivity contribution in [2.75, 3.05) is 6.54 Å². The summed E-state index contributed by atoms with van der Waals surface area (Å²) in [6.07, 6.45) is 3.63. The van der Waals surface area contributed by atoms with Gasteiger partial charge in [0.2, 0.25) is 5.91 Å². The van der Waals surface area contributed by atoms with Crippen molar-refractivity contribution in [3.8, 4) is 0 Å². The topological polar surface area (TPSA) is 171 Å². The fraction of sp³-hybridized carbons (Fsp3) is 0.833. The van der Waals surface area contributed by atoms with Crippen LogP contribution in [0.3, 0.4) is 0 Å². The Morgan fingerprint density at radius 3 is 1.92 bits per heavy atom. The molecule has 7 N–H and O–H groups in total. The molecule has 1 unspecified atom stereocenters. The summed E-state index contributed by atoms with van der Waals surface area (Å²) in [5.41, 5.74) is 5.46. The van der Waals surface area contributed by atoms with Gasteiger partial charge in [-0.15, -0.1) is 0 Å². The molecule has 13 heteroatoms. The van der Waals surface area contributed by atoms with Gasteiger partial charge in [-0.25, -0.2) is 14.4 Å². The summed E-state index contributed by atoms with van der Waals surface area (Å²) in [4.78, 5) is 45.8. The van der Waals surface area contributed by atoms with E-state index in [0.717, 1.165) is 32.1 Å². The maximum atomic E-state index is 12.9. The quantitative estimate of drug-likeness (QED) is 0.194. The number of carboxylic acids is 2. The number of carbonyl (C=O) groups excluding carboxylic acids is 2. The highest BCUT2D eigenvalue weighted by atomic mass is 19.4. The highest BCUT2D eigenvalue weighted by Gasteiger charge is 2.38. The second kappa shape index (κ2) is 17.8. The van der Waals surface area contributed by atoms with Crippen LogP contribution in [0.1, 0.15) is 85.0 Å². The Bertz CT molecular complexity index is 715. The summed E-state index contributed by atoms with van der Waals surface area (Å²) >= 11 is 0. The van der Waals surface area contributed by atoms with E-state index in [1.54, 1.807) is 0 Å². The Hall–Kier alpha value is -2.57. The maximum Gasteiger partial charge on any atom is 0.490 e. The number of nitrogens with two attached hydrogens (primary N) is 1. The van der Waals surface area contributed by atoms with Crippen molar-refractivity contribution < 1.29 is 42.6 Å². The zero-order chi connectivity index (χ0) is 28.6. The normalized spacial score (nSPS) is 16.5. The molecule has 0 aliphatic heterocycles. The van der Waals surface area contributed by atoms with Crippen molar-refractivity contribution >= 4 is 23.9 Å². The van der Waals surface area contributed by atoms with Gasteiger partial charge < -0.3 is 31.9 Å². The zero-order valence-corrected chi connectivity index (χ0v) is 21.9. The molecule has 1 saturated carbocycles. The summed E-state index contributed by atoms with van der Waals surface area (Å²) < 4.78 is 31.7. The van der Waals surface area contributed by atoms with Crippen LogP contribution in [0.4, 0.5) is 18.0 Å². The molecule has 0 radical (unpaired) electrons.